The standard InChI is InChI=1S/C27H28N4O5/c1-17-9-11-21(18(2)15-17)29-27(32)36-19(3)20-10-12-25(24(16-20)31(33)34)35-14-13-26-28-22-7-5-6-8-23(22)30(26)4/h5-12,15-16,19H,13-14H2,1-4H3,(H,29,32). The fourth-order valence-electron chi connectivity index (χ4n) is 4.05. The lowest BCUT2D eigenvalue weighted by molar-refractivity contribution is -0.386. The fourth-order valence-corrected chi connectivity index (χ4v) is 4.05. The number of amides is 1. The van der Waals surface area contributed by atoms with Crippen LogP contribution < -0.4 is 10.1 Å². The summed E-state index contributed by atoms with van der Waals surface area (Å²) in [5, 5.41) is 14.4. The number of imidazole rings is 1. The van der Waals surface area contributed by atoms with Crippen LogP contribution in [0.3, 0.4) is 0 Å². The highest BCUT2D eigenvalue weighted by molar-refractivity contribution is 5.85. The molecule has 0 fully saturated rings. The maximum absolute atomic E-state index is 12.4. The highest BCUT2D eigenvalue weighted by atomic mass is 16.6. The number of para-hydroxylation sites is 2. The zero-order valence-electron chi connectivity index (χ0n) is 20.6. The Kier molecular flexibility index (Phi) is 7.19. The minimum absolute atomic E-state index is 0.148. The molecule has 36 heavy (non-hydrogen) atoms. The summed E-state index contributed by atoms with van der Waals surface area (Å²) in [5.41, 5.74) is 4.84. The van der Waals surface area contributed by atoms with Gasteiger partial charge in [-0.1, -0.05) is 35.9 Å². The highest BCUT2D eigenvalue weighted by Crippen LogP contribution is 2.31. The summed E-state index contributed by atoms with van der Waals surface area (Å²) in [6, 6.07) is 18.0. The number of benzene rings is 3. The molecule has 0 saturated heterocycles. The molecule has 1 unspecified atom stereocenters. The van der Waals surface area contributed by atoms with Crippen molar-refractivity contribution in [3.8, 4) is 5.75 Å². The number of nitrogens with zero attached hydrogens (tertiary/aromatic N) is 3. The first kappa shape index (κ1) is 24.7. The molecule has 1 amide bonds. The first-order valence-electron chi connectivity index (χ1n) is 11.6. The summed E-state index contributed by atoms with van der Waals surface area (Å²) >= 11 is 0. The number of nitro benzene ring substituents is 1. The number of aromatic nitrogens is 2. The first-order valence-corrected chi connectivity index (χ1v) is 11.6. The molecule has 1 N–H and O–H groups in total. The van der Waals surface area contributed by atoms with Crippen molar-refractivity contribution in [1.82, 2.24) is 9.55 Å². The van der Waals surface area contributed by atoms with Gasteiger partial charge in [-0.15, -0.1) is 0 Å². The SMILES string of the molecule is Cc1ccc(NC(=O)OC(C)c2ccc(OCCc3nc4ccccc4n3C)c([N+](=O)[O-])c2)c(C)c1. The van der Waals surface area contributed by atoms with Crippen LogP contribution in [0.2, 0.25) is 0 Å². The van der Waals surface area contributed by atoms with Crippen LogP contribution >= 0.6 is 0 Å². The van der Waals surface area contributed by atoms with E-state index in [0.717, 1.165) is 28.0 Å². The number of aryl methyl sites for hydroxylation is 3. The average Bonchev–Trinajstić information content (AvgIpc) is 3.16. The molecule has 0 aliphatic rings. The third kappa shape index (κ3) is 5.46. The summed E-state index contributed by atoms with van der Waals surface area (Å²) in [4.78, 5) is 28.2. The van der Waals surface area contributed by atoms with Crippen molar-refractivity contribution >= 4 is 28.5 Å². The van der Waals surface area contributed by atoms with Crippen LogP contribution in [-0.2, 0) is 18.2 Å². The van der Waals surface area contributed by atoms with E-state index in [0.29, 0.717) is 17.7 Å². The Morgan fingerprint density at radius 2 is 1.92 bits per heavy atom. The lowest BCUT2D eigenvalue weighted by atomic mass is 10.1. The van der Waals surface area contributed by atoms with E-state index in [4.69, 9.17) is 9.47 Å². The second-order valence-electron chi connectivity index (χ2n) is 8.65. The number of hydrogen-bond donors (Lipinski definition) is 1. The topological polar surface area (TPSA) is 109 Å². The van der Waals surface area contributed by atoms with Crippen LogP contribution in [0.4, 0.5) is 16.2 Å². The Labute approximate surface area is 208 Å². The van der Waals surface area contributed by atoms with E-state index < -0.39 is 17.1 Å². The zero-order chi connectivity index (χ0) is 25.8. The average molecular weight is 489 g/mol. The molecule has 0 aliphatic carbocycles. The van der Waals surface area contributed by atoms with Gasteiger partial charge in [-0.3, -0.25) is 15.4 Å². The van der Waals surface area contributed by atoms with Gasteiger partial charge in [0.15, 0.2) is 5.75 Å². The lowest BCUT2D eigenvalue weighted by Crippen LogP contribution is -2.17. The van der Waals surface area contributed by atoms with Crippen LogP contribution in [0.25, 0.3) is 11.0 Å². The maximum atomic E-state index is 12.4. The van der Waals surface area contributed by atoms with Crippen molar-refractivity contribution in [2.45, 2.75) is 33.3 Å². The van der Waals surface area contributed by atoms with Crippen molar-refractivity contribution in [3.05, 3.63) is 93.3 Å². The number of anilines is 1. The molecule has 1 aromatic heterocycles. The number of nitrogens with one attached hydrogen (secondary N) is 1. The molecule has 9 heteroatoms. The van der Waals surface area contributed by atoms with Gasteiger partial charge < -0.3 is 14.0 Å². The Bertz CT molecular complexity index is 1430. The van der Waals surface area contributed by atoms with Gasteiger partial charge in [0, 0.05) is 25.2 Å². The number of fused-ring (bicyclic) bond motifs is 1. The second kappa shape index (κ2) is 10.5. The normalized spacial score (nSPS) is 11.8. The van der Waals surface area contributed by atoms with E-state index in [2.05, 4.69) is 10.3 Å². The van der Waals surface area contributed by atoms with E-state index >= 15 is 0 Å². The van der Waals surface area contributed by atoms with E-state index in [-0.39, 0.29) is 18.0 Å². The van der Waals surface area contributed by atoms with Crippen LogP contribution in [0.5, 0.6) is 5.75 Å². The molecule has 1 atom stereocenters. The summed E-state index contributed by atoms with van der Waals surface area (Å²) in [7, 11) is 1.93. The Hall–Kier alpha value is -4.40. The molecule has 9 nitrogen and oxygen atoms in total. The van der Waals surface area contributed by atoms with Crippen LogP contribution in [-0.4, -0.2) is 27.2 Å². The van der Waals surface area contributed by atoms with Gasteiger partial charge in [-0.25, -0.2) is 9.78 Å². The lowest BCUT2D eigenvalue weighted by Gasteiger charge is -2.16. The molecule has 0 saturated carbocycles. The number of hydrogen-bond acceptors (Lipinski definition) is 6. The minimum atomic E-state index is -0.705. The predicted molar refractivity (Wildman–Crippen MR) is 137 cm³/mol. The molecule has 0 bridgehead atoms. The minimum Gasteiger partial charge on any atom is -0.486 e. The summed E-state index contributed by atoms with van der Waals surface area (Å²) in [6.45, 7) is 5.75. The van der Waals surface area contributed by atoms with Crippen LogP contribution in [0.1, 0.15) is 35.5 Å². The molecule has 1 heterocycles. The molecule has 0 aliphatic heterocycles. The molecule has 186 valence electrons. The van der Waals surface area contributed by atoms with Gasteiger partial charge in [0.1, 0.15) is 11.9 Å². The monoisotopic (exact) mass is 488 g/mol. The van der Waals surface area contributed by atoms with Crippen molar-refractivity contribution in [1.29, 1.82) is 0 Å². The third-order valence-corrected chi connectivity index (χ3v) is 6.01. The van der Waals surface area contributed by atoms with Gasteiger partial charge in [0.25, 0.3) is 0 Å². The number of carbonyl (C=O) groups is 1. The van der Waals surface area contributed by atoms with Gasteiger partial charge in [0.05, 0.1) is 22.6 Å². The fraction of sp³-hybridized carbons (Fsp3) is 0.259. The number of ether oxygens (including phenoxy) is 2. The van der Waals surface area contributed by atoms with Crippen molar-refractivity contribution in [2.75, 3.05) is 11.9 Å². The van der Waals surface area contributed by atoms with E-state index in [1.165, 1.54) is 12.1 Å². The van der Waals surface area contributed by atoms with E-state index in [1.54, 1.807) is 19.1 Å². The van der Waals surface area contributed by atoms with Crippen molar-refractivity contribution in [3.63, 3.8) is 0 Å². The number of carbonyl (C=O) groups excluding carboxylic acids is 1. The van der Waals surface area contributed by atoms with Crippen molar-refractivity contribution < 1.29 is 19.2 Å². The van der Waals surface area contributed by atoms with Gasteiger partial charge >= 0.3 is 11.8 Å². The zero-order valence-corrected chi connectivity index (χ0v) is 20.6. The molecule has 0 spiro atoms. The maximum Gasteiger partial charge on any atom is 0.412 e. The van der Waals surface area contributed by atoms with Gasteiger partial charge in [-0.2, -0.15) is 0 Å². The Balaban J connectivity index is 1.41. The third-order valence-electron chi connectivity index (χ3n) is 6.01. The molecule has 4 aromatic rings. The summed E-state index contributed by atoms with van der Waals surface area (Å²) in [6.07, 6.45) is -0.856. The second-order valence-corrected chi connectivity index (χ2v) is 8.65. The Morgan fingerprint density at radius 3 is 2.64 bits per heavy atom. The Morgan fingerprint density at radius 1 is 1.14 bits per heavy atom. The van der Waals surface area contributed by atoms with Gasteiger partial charge in [0.2, 0.25) is 0 Å². The molecule has 0 radical (unpaired) electrons. The largest absolute Gasteiger partial charge is 0.486 e. The number of nitro groups is 1. The number of rotatable bonds is 8. The van der Waals surface area contributed by atoms with Crippen LogP contribution in [0.15, 0.2) is 60.7 Å². The summed E-state index contributed by atoms with van der Waals surface area (Å²) < 4.78 is 13.2. The molecule has 3 aromatic carbocycles. The highest BCUT2D eigenvalue weighted by Gasteiger charge is 2.21. The first-order chi connectivity index (χ1) is 17.2. The molecule has 4 rings (SSSR count). The predicted octanol–water partition coefficient (Wildman–Crippen LogP) is 6.03. The van der Waals surface area contributed by atoms with Gasteiger partial charge in [-0.05, 0) is 56.2 Å². The van der Waals surface area contributed by atoms with E-state index in [1.807, 2.05) is 61.9 Å². The molecular weight excluding hydrogens is 460 g/mol. The van der Waals surface area contributed by atoms with Crippen molar-refractivity contribution in [2.24, 2.45) is 7.05 Å². The molecular formula is C27H28N4O5. The smallest absolute Gasteiger partial charge is 0.412 e. The van der Waals surface area contributed by atoms with E-state index in [9.17, 15) is 14.9 Å². The van der Waals surface area contributed by atoms with Crippen LogP contribution in [0, 0.1) is 24.0 Å². The summed E-state index contributed by atoms with van der Waals surface area (Å²) in [5.74, 6) is 0.974. The quantitative estimate of drug-likeness (QED) is 0.240.